The van der Waals surface area contributed by atoms with Gasteiger partial charge in [-0.25, -0.2) is 4.98 Å². The van der Waals surface area contributed by atoms with E-state index >= 15 is 0 Å². The number of hydrogen-bond acceptors (Lipinski definition) is 4. The van der Waals surface area contributed by atoms with E-state index in [-0.39, 0.29) is 11.8 Å². The van der Waals surface area contributed by atoms with Crippen molar-refractivity contribution in [1.29, 1.82) is 0 Å². The molecule has 1 aliphatic rings. The van der Waals surface area contributed by atoms with Crippen LogP contribution in [-0.2, 0) is 4.79 Å². The van der Waals surface area contributed by atoms with Gasteiger partial charge < -0.3 is 5.11 Å². The van der Waals surface area contributed by atoms with Crippen LogP contribution in [0.15, 0.2) is 12.4 Å². The van der Waals surface area contributed by atoms with Crippen molar-refractivity contribution < 1.29 is 9.90 Å². The van der Waals surface area contributed by atoms with Crippen LogP contribution in [0.4, 0.5) is 0 Å². The molecule has 0 spiro atoms. The van der Waals surface area contributed by atoms with Crippen LogP contribution in [0.2, 0.25) is 0 Å². The maximum atomic E-state index is 11.4. The number of hydrogen-bond donors (Lipinski definition) is 1. The Balaban J connectivity index is 2.06. The van der Waals surface area contributed by atoms with E-state index in [0.717, 1.165) is 23.6 Å². The fraction of sp³-hybridized carbons (Fsp3) is 0.538. The molecule has 3 atom stereocenters. The van der Waals surface area contributed by atoms with Gasteiger partial charge in [-0.15, -0.1) is 10.2 Å². The van der Waals surface area contributed by atoms with Gasteiger partial charge in [0.05, 0.1) is 5.92 Å². The summed E-state index contributed by atoms with van der Waals surface area (Å²) < 4.78 is 1.81. The first-order valence-corrected chi connectivity index (χ1v) is 6.46. The minimum Gasteiger partial charge on any atom is -0.481 e. The Morgan fingerprint density at radius 3 is 2.95 bits per heavy atom. The molecular formula is C13H16N4O2. The van der Waals surface area contributed by atoms with Gasteiger partial charge in [0.25, 0.3) is 0 Å². The summed E-state index contributed by atoms with van der Waals surface area (Å²) in [7, 11) is 0. The first-order chi connectivity index (χ1) is 9.06. The number of carboxylic acids is 1. The highest BCUT2D eigenvalue weighted by atomic mass is 16.4. The molecule has 0 bridgehead atoms. The van der Waals surface area contributed by atoms with E-state index in [2.05, 4.69) is 22.1 Å². The molecule has 1 aliphatic carbocycles. The maximum Gasteiger partial charge on any atom is 0.307 e. The second kappa shape index (κ2) is 4.29. The number of fused-ring (bicyclic) bond motifs is 1. The van der Waals surface area contributed by atoms with Crippen molar-refractivity contribution in [2.45, 2.75) is 32.6 Å². The van der Waals surface area contributed by atoms with E-state index < -0.39 is 5.97 Å². The maximum absolute atomic E-state index is 11.4. The number of carbonyl (C=O) groups is 1. The second-order valence-corrected chi connectivity index (χ2v) is 5.44. The highest BCUT2D eigenvalue weighted by molar-refractivity contribution is 5.71. The van der Waals surface area contributed by atoms with Crippen LogP contribution < -0.4 is 0 Å². The quantitative estimate of drug-likeness (QED) is 0.888. The molecule has 19 heavy (non-hydrogen) atoms. The summed E-state index contributed by atoms with van der Waals surface area (Å²) in [5.74, 6) is -0.0713. The summed E-state index contributed by atoms with van der Waals surface area (Å²) in [4.78, 5) is 15.6. The summed E-state index contributed by atoms with van der Waals surface area (Å²) in [6, 6.07) is 1.85. The minimum absolute atomic E-state index is 0.0768. The standard InChI is InChI=1S/C13H16N4O2/c1-7-3-9(10(4-7)13(18)19)12-16-15-11-5-8(2)14-6-17(11)12/h5-7,9-10H,3-4H2,1-2H3,(H,18,19). The van der Waals surface area contributed by atoms with Gasteiger partial charge in [-0.05, 0) is 25.7 Å². The Hall–Kier alpha value is -1.98. The molecule has 0 saturated heterocycles. The largest absolute Gasteiger partial charge is 0.481 e. The fourth-order valence-electron chi connectivity index (χ4n) is 3.01. The number of carboxylic acid groups (broad SMARTS) is 1. The van der Waals surface area contributed by atoms with Crippen molar-refractivity contribution in [3.63, 3.8) is 0 Å². The third kappa shape index (κ3) is 1.97. The van der Waals surface area contributed by atoms with Gasteiger partial charge in [0.15, 0.2) is 5.65 Å². The molecule has 0 aliphatic heterocycles. The van der Waals surface area contributed by atoms with Gasteiger partial charge in [0, 0.05) is 17.7 Å². The first kappa shape index (κ1) is 12.1. The lowest BCUT2D eigenvalue weighted by Crippen LogP contribution is -2.18. The predicted octanol–water partition coefficient (Wildman–Crippen LogP) is 1.65. The zero-order valence-corrected chi connectivity index (χ0v) is 10.9. The molecule has 3 rings (SSSR count). The van der Waals surface area contributed by atoms with Gasteiger partial charge in [-0.2, -0.15) is 0 Å². The van der Waals surface area contributed by atoms with Gasteiger partial charge in [0.2, 0.25) is 0 Å². The normalized spacial score (nSPS) is 26.9. The topological polar surface area (TPSA) is 80.4 Å². The molecule has 100 valence electrons. The highest BCUT2D eigenvalue weighted by Gasteiger charge is 2.40. The van der Waals surface area contributed by atoms with Crippen molar-refractivity contribution in [3.05, 3.63) is 23.9 Å². The fourth-order valence-corrected chi connectivity index (χ4v) is 3.01. The summed E-state index contributed by atoms with van der Waals surface area (Å²) in [5, 5.41) is 17.7. The van der Waals surface area contributed by atoms with Crippen molar-refractivity contribution in [2.75, 3.05) is 0 Å². The molecular weight excluding hydrogens is 244 g/mol. The van der Waals surface area contributed by atoms with Crippen molar-refractivity contribution in [3.8, 4) is 0 Å². The molecule has 0 radical (unpaired) electrons. The number of aromatic nitrogens is 4. The smallest absolute Gasteiger partial charge is 0.307 e. The van der Waals surface area contributed by atoms with Gasteiger partial charge in [-0.3, -0.25) is 9.20 Å². The van der Waals surface area contributed by atoms with Crippen LogP contribution in [0.3, 0.4) is 0 Å². The number of aryl methyl sites for hydroxylation is 1. The van der Waals surface area contributed by atoms with Crippen LogP contribution in [0, 0.1) is 18.8 Å². The SMILES string of the molecule is Cc1cc2nnc(C3CC(C)CC3C(=O)O)n2cn1. The Bertz CT molecular complexity index is 637. The van der Waals surface area contributed by atoms with Crippen LogP contribution in [0.5, 0.6) is 0 Å². The van der Waals surface area contributed by atoms with E-state index in [4.69, 9.17) is 0 Å². The monoisotopic (exact) mass is 260 g/mol. The van der Waals surface area contributed by atoms with Crippen molar-refractivity contribution >= 4 is 11.6 Å². The van der Waals surface area contributed by atoms with Gasteiger partial charge in [-0.1, -0.05) is 6.92 Å². The Morgan fingerprint density at radius 1 is 1.42 bits per heavy atom. The van der Waals surface area contributed by atoms with Crippen molar-refractivity contribution in [2.24, 2.45) is 11.8 Å². The third-order valence-electron chi connectivity index (χ3n) is 3.91. The van der Waals surface area contributed by atoms with Crippen LogP contribution in [-0.4, -0.2) is 30.7 Å². The van der Waals surface area contributed by atoms with Gasteiger partial charge >= 0.3 is 5.97 Å². The highest BCUT2D eigenvalue weighted by Crippen LogP contribution is 2.42. The molecule has 6 nitrogen and oxygen atoms in total. The number of nitrogens with zero attached hydrogens (tertiary/aromatic N) is 4. The summed E-state index contributed by atoms with van der Waals surface area (Å²) in [6.45, 7) is 3.98. The lowest BCUT2D eigenvalue weighted by Gasteiger charge is -2.13. The molecule has 2 heterocycles. The molecule has 2 aromatic rings. The Kier molecular flexibility index (Phi) is 2.73. The molecule has 0 aromatic carbocycles. The lowest BCUT2D eigenvalue weighted by molar-refractivity contribution is -0.142. The predicted molar refractivity (Wildman–Crippen MR) is 67.8 cm³/mol. The first-order valence-electron chi connectivity index (χ1n) is 6.46. The zero-order valence-electron chi connectivity index (χ0n) is 10.9. The molecule has 2 aromatic heterocycles. The number of rotatable bonds is 2. The molecule has 3 unspecified atom stereocenters. The summed E-state index contributed by atoms with van der Waals surface area (Å²) in [5.41, 5.74) is 1.60. The van der Waals surface area contributed by atoms with Crippen LogP contribution >= 0.6 is 0 Å². The van der Waals surface area contributed by atoms with E-state index in [1.807, 2.05) is 17.4 Å². The van der Waals surface area contributed by atoms with E-state index in [1.165, 1.54) is 0 Å². The molecule has 1 fully saturated rings. The second-order valence-electron chi connectivity index (χ2n) is 5.44. The molecule has 6 heteroatoms. The van der Waals surface area contributed by atoms with Crippen molar-refractivity contribution in [1.82, 2.24) is 19.6 Å². The molecule has 0 amide bonds. The minimum atomic E-state index is -0.744. The molecule has 1 N–H and O–H groups in total. The van der Waals surface area contributed by atoms with Gasteiger partial charge in [0.1, 0.15) is 12.2 Å². The Labute approximate surface area is 110 Å². The summed E-state index contributed by atoms with van der Waals surface area (Å²) in [6.07, 6.45) is 3.22. The van der Waals surface area contributed by atoms with E-state index in [9.17, 15) is 9.90 Å². The average molecular weight is 260 g/mol. The summed E-state index contributed by atoms with van der Waals surface area (Å²) >= 11 is 0. The third-order valence-corrected chi connectivity index (χ3v) is 3.91. The zero-order chi connectivity index (χ0) is 13.6. The average Bonchev–Trinajstić information content (AvgIpc) is 2.91. The van der Waals surface area contributed by atoms with Crippen LogP contribution in [0.25, 0.3) is 5.65 Å². The lowest BCUT2D eigenvalue weighted by atomic mass is 9.95. The Morgan fingerprint density at radius 2 is 2.21 bits per heavy atom. The molecule has 1 saturated carbocycles. The van der Waals surface area contributed by atoms with Crippen LogP contribution in [0.1, 0.15) is 37.2 Å². The van der Waals surface area contributed by atoms with E-state index in [0.29, 0.717) is 12.3 Å². The van der Waals surface area contributed by atoms with E-state index in [1.54, 1.807) is 6.33 Å². The number of aliphatic carboxylic acids is 1.